The van der Waals surface area contributed by atoms with Gasteiger partial charge in [-0.25, -0.2) is 0 Å². The molecule has 0 spiro atoms. The summed E-state index contributed by atoms with van der Waals surface area (Å²) in [5.74, 6) is 1.03. The third-order valence-corrected chi connectivity index (χ3v) is 4.62. The summed E-state index contributed by atoms with van der Waals surface area (Å²) >= 11 is 3.51. The average Bonchev–Trinajstić information content (AvgIpc) is 2.82. The number of aliphatic hydroxyl groups is 1. The molecule has 3 unspecified atom stereocenters. The largest absolute Gasteiger partial charge is 0.396 e. The lowest BCUT2D eigenvalue weighted by Crippen LogP contribution is -2.25. The molecule has 4 nitrogen and oxygen atoms in total. The summed E-state index contributed by atoms with van der Waals surface area (Å²) in [5.41, 5.74) is 7.72. The molecular formula is C12H16BrN3O. The van der Waals surface area contributed by atoms with Crippen molar-refractivity contribution in [3.8, 4) is 0 Å². The van der Waals surface area contributed by atoms with Crippen molar-refractivity contribution in [2.24, 2.45) is 11.8 Å². The van der Waals surface area contributed by atoms with Gasteiger partial charge >= 0.3 is 0 Å². The molecule has 3 N–H and O–H groups in total. The number of aliphatic hydroxyl groups excluding tert-OH is 1. The number of nitrogens with zero attached hydrogens (tertiary/aromatic N) is 2. The fraction of sp³-hybridized carbons (Fsp3) is 0.583. The van der Waals surface area contributed by atoms with E-state index in [4.69, 9.17) is 5.73 Å². The molecule has 3 rings (SSSR count). The smallest absolute Gasteiger partial charge is 0.0776 e. The van der Waals surface area contributed by atoms with E-state index in [2.05, 4.69) is 25.8 Å². The summed E-state index contributed by atoms with van der Waals surface area (Å²) in [4.78, 5) is 6.33. The van der Waals surface area contributed by atoms with Crippen LogP contribution in [0.25, 0.3) is 0 Å². The van der Waals surface area contributed by atoms with Crippen LogP contribution in [0.1, 0.15) is 12.8 Å². The lowest BCUT2D eigenvalue weighted by Gasteiger charge is -2.23. The van der Waals surface area contributed by atoms with Gasteiger partial charge in [0.25, 0.3) is 0 Å². The van der Waals surface area contributed by atoms with E-state index in [1.165, 1.54) is 0 Å². The monoisotopic (exact) mass is 297 g/mol. The van der Waals surface area contributed by atoms with Gasteiger partial charge in [-0.15, -0.1) is 0 Å². The molecule has 0 aromatic carbocycles. The van der Waals surface area contributed by atoms with Gasteiger partial charge in [-0.05, 0) is 34.7 Å². The second kappa shape index (κ2) is 4.14. The Balaban J connectivity index is 1.88. The van der Waals surface area contributed by atoms with Crippen LogP contribution in [0.3, 0.4) is 0 Å². The van der Waals surface area contributed by atoms with Gasteiger partial charge in [0.05, 0.1) is 28.1 Å². The van der Waals surface area contributed by atoms with Gasteiger partial charge in [-0.2, -0.15) is 0 Å². The highest BCUT2D eigenvalue weighted by molar-refractivity contribution is 9.10. The normalized spacial score (nSPS) is 31.9. The van der Waals surface area contributed by atoms with Crippen molar-refractivity contribution < 1.29 is 5.11 Å². The molecule has 0 radical (unpaired) electrons. The van der Waals surface area contributed by atoms with Gasteiger partial charge in [0, 0.05) is 25.2 Å². The zero-order valence-corrected chi connectivity index (χ0v) is 11.1. The van der Waals surface area contributed by atoms with Crippen LogP contribution in [0.15, 0.2) is 16.9 Å². The van der Waals surface area contributed by atoms with E-state index in [1.807, 2.05) is 0 Å². The number of fused-ring (bicyclic) bond motifs is 1. The number of halogens is 1. The Morgan fingerprint density at radius 2 is 2.18 bits per heavy atom. The SMILES string of the molecule is Nc1cncc(Br)c1N1CC2CCC(O)C2C1. The number of hydrogen-bond acceptors (Lipinski definition) is 4. The topological polar surface area (TPSA) is 62.4 Å². The van der Waals surface area contributed by atoms with E-state index in [1.54, 1.807) is 12.4 Å². The van der Waals surface area contributed by atoms with Crippen molar-refractivity contribution in [3.05, 3.63) is 16.9 Å². The molecule has 2 aliphatic rings. The summed E-state index contributed by atoms with van der Waals surface area (Å²) < 4.78 is 0.937. The Bertz CT molecular complexity index is 420. The van der Waals surface area contributed by atoms with Crippen molar-refractivity contribution in [3.63, 3.8) is 0 Å². The fourth-order valence-electron chi connectivity index (χ4n) is 3.20. The van der Waals surface area contributed by atoms with Crippen LogP contribution in [0.2, 0.25) is 0 Å². The van der Waals surface area contributed by atoms with Crippen molar-refractivity contribution in [1.82, 2.24) is 4.98 Å². The van der Waals surface area contributed by atoms with Crippen molar-refractivity contribution in [1.29, 1.82) is 0 Å². The molecule has 3 atom stereocenters. The number of nitrogen functional groups attached to an aromatic ring is 1. The van der Waals surface area contributed by atoms with Crippen molar-refractivity contribution >= 4 is 27.3 Å². The van der Waals surface area contributed by atoms with Crippen molar-refractivity contribution in [2.75, 3.05) is 23.7 Å². The summed E-state index contributed by atoms with van der Waals surface area (Å²) in [6.07, 6.45) is 5.41. The van der Waals surface area contributed by atoms with Crippen LogP contribution in [-0.2, 0) is 0 Å². The molecule has 2 fully saturated rings. The molecule has 2 heterocycles. The highest BCUT2D eigenvalue weighted by Gasteiger charge is 2.42. The van der Waals surface area contributed by atoms with Gasteiger partial charge in [0.15, 0.2) is 0 Å². The Kier molecular flexibility index (Phi) is 2.75. The third-order valence-electron chi connectivity index (χ3n) is 4.04. The number of rotatable bonds is 1. The first-order valence-corrected chi connectivity index (χ1v) is 6.78. The average molecular weight is 298 g/mol. The lowest BCUT2D eigenvalue weighted by atomic mass is 10.00. The quantitative estimate of drug-likeness (QED) is 0.827. The molecule has 1 aliphatic carbocycles. The van der Waals surface area contributed by atoms with E-state index in [9.17, 15) is 5.11 Å². The molecule has 1 saturated heterocycles. The Morgan fingerprint density at radius 1 is 1.35 bits per heavy atom. The van der Waals surface area contributed by atoms with Crippen LogP contribution >= 0.6 is 15.9 Å². The minimum atomic E-state index is -0.133. The van der Waals surface area contributed by atoms with Gasteiger partial charge in [0.2, 0.25) is 0 Å². The van der Waals surface area contributed by atoms with E-state index < -0.39 is 0 Å². The molecule has 1 aromatic rings. The van der Waals surface area contributed by atoms with Gasteiger partial charge < -0.3 is 15.7 Å². The Hall–Kier alpha value is -0.810. The maximum absolute atomic E-state index is 9.92. The first-order chi connectivity index (χ1) is 8.16. The fourth-order valence-corrected chi connectivity index (χ4v) is 3.79. The molecule has 1 aliphatic heterocycles. The molecule has 1 saturated carbocycles. The highest BCUT2D eigenvalue weighted by atomic mass is 79.9. The van der Waals surface area contributed by atoms with Gasteiger partial charge in [-0.1, -0.05) is 0 Å². The zero-order valence-electron chi connectivity index (χ0n) is 9.51. The van der Waals surface area contributed by atoms with Crippen molar-refractivity contribution in [2.45, 2.75) is 18.9 Å². The minimum absolute atomic E-state index is 0.133. The number of anilines is 2. The molecular weight excluding hydrogens is 282 g/mol. The molecule has 1 aromatic heterocycles. The van der Waals surface area contributed by atoms with Crippen LogP contribution in [0.4, 0.5) is 11.4 Å². The Morgan fingerprint density at radius 3 is 2.88 bits per heavy atom. The first kappa shape index (κ1) is 11.3. The molecule has 17 heavy (non-hydrogen) atoms. The van der Waals surface area contributed by atoms with Gasteiger partial charge in [-0.3, -0.25) is 4.98 Å². The minimum Gasteiger partial charge on any atom is -0.396 e. The maximum Gasteiger partial charge on any atom is 0.0776 e. The van der Waals surface area contributed by atoms with Crippen LogP contribution < -0.4 is 10.6 Å². The molecule has 0 amide bonds. The third kappa shape index (κ3) is 1.81. The summed E-state index contributed by atoms with van der Waals surface area (Å²) in [5, 5.41) is 9.92. The van der Waals surface area contributed by atoms with E-state index >= 15 is 0 Å². The van der Waals surface area contributed by atoms with E-state index in [0.717, 1.165) is 36.1 Å². The lowest BCUT2D eigenvalue weighted by molar-refractivity contribution is 0.133. The second-order valence-corrected chi connectivity index (χ2v) is 5.89. The molecule has 92 valence electrons. The predicted octanol–water partition coefficient (Wildman–Crippen LogP) is 1.63. The highest BCUT2D eigenvalue weighted by Crippen LogP contribution is 2.42. The van der Waals surface area contributed by atoms with Crippen LogP contribution in [0, 0.1) is 11.8 Å². The second-order valence-electron chi connectivity index (χ2n) is 5.03. The van der Waals surface area contributed by atoms with Gasteiger partial charge in [0.1, 0.15) is 0 Å². The van der Waals surface area contributed by atoms with E-state index in [-0.39, 0.29) is 6.10 Å². The summed E-state index contributed by atoms with van der Waals surface area (Å²) in [6, 6.07) is 0. The van der Waals surface area contributed by atoms with Crippen LogP contribution in [-0.4, -0.2) is 29.3 Å². The van der Waals surface area contributed by atoms with Crippen LogP contribution in [0.5, 0.6) is 0 Å². The number of nitrogens with two attached hydrogens (primary N) is 1. The summed E-state index contributed by atoms with van der Waals surface area (Å²) in [7, 11) is 0. The zero-order chi connectivity index (χ0) is 12.0. The standard InChI is InChI=1S/C12H16BrN3O/c13-9-3-15-4-10(14)12(9)16-5-7-1-2-11(17)8(7)6-16/h3-4,7-8,11,17H,1-2,5-6,14H2. The molecule has 5 heteroatoms. The Labute approximate surface area is 109 Å². The number of pyridine rings is 1. The maximum atomic E-state index is 9.92. The van der Waals surface area contributed by atoms with E-state index in [0.29, 0.717) is 17.5 Å². The summed E-state index contributed by atoms with van der Waals surface area (Å²) in [6.45, 7) is 1.90. The number of hydrogen-bond donors (Lipinski definition) is 2. The molecule has 0 bridgehead atoms. The predicted molar refractivity (Wildman–Crippen MR) is 70.8 cm³/mol. The number of aromatic nitrogens is 1. The first-order valence-electron chi connectivity index (χ1n) is 5.99.